The third-order valence-electron chi connectivity index (χ3n) is 4.41. The molecule has 1 aromatic rings. The SMILES string of the molecule is CCCC1CCN(c2cnccc2CNCC(C)C)CC1. The molecule has 0 unspecified atom stereocenters. The summed E-state index contributed by atoms with van der Waals surface area (Å²) in [5.41, 5.74) is 2.73. The predicted molar refractivity (Wildman–Crippen MR) is 90.6 cm³/mol. The van der Waals surface area contributed by atoms with Crippen LogP contribution in [0.4, 0.5) is 5.69 Å². The van der Waals surface area contributed by atoms with Crippen LogP contribution in [0.1, 0.15) is 52.0 Å². The highest BCUT2D eigenvalue weighted by Gasteiger charge is 2.20. The van der Waals surface area contributed by atoms with E-state index in [0.717, 1.165) is 19.0 Å². The molecule has 0 aromatic carbocycles. The van der Waals surface area contributed by atoms with E-state index in [9.17, 15) is 0 Å². The van der Waals surface area contributed by atoms with Crippen molar-refractivity contribution in [1.82, 2.24) is 10.3 Å². The second-order valence-electron chi connectivity index (χ2n) is 6.75. The molecule has 118 valence electrons. The molecule has 2 heterocycles. The molecule has 0 spiro atoms. The fraction of sp³-hybridized carbons (Fsp3) is 0.722. The van der Waals surface area contributed by atoms with Crippen LogP contribution >= 0.6 is 0 Å². The van der Waals surface area contributed by atoms with Crippen LogP contribution in [-0.2, 0) is 6.54 Å². The molecule has 0 amide bonds. The Labute approximate surface area is 130 Å². The summed E-state index contributed by atoms with van der Waals surface area (Å²) in [7, 11) is 0. The van der Waals surface area contributed by atoms with Crippen molar-refractivity contribution in [3.8, 4) is 0 Å². The van der Waals surface area contributed by atoms with Crippen molar-refractivity contribution in [1.29, 1.82) is 0 Å². The van der Waals surface area contributed by atoms with Gasteiger partial charge in [0, 0.05) is 25.8 Å². The lowest BCUT2D eigenvalue weighted by atomic mass is 9.92. The normalized spacial score (nSPS) is 16.7. The standard InChI is InChI=1S/C18H31N3/c1-4-5-16-7-10-21(11-8-16)18-14-19-9-6-17(18)13-20-12-15(2)3/h6,9,14-16,20H,4-5,7-8,10-13H2,1-3H3. The predicted octanol–water partition coefficient (Wildman–Crippen LogP) is 3.84. The topological polar surface area (TPSA) is 28.2 Å². The Kier molecular flexibility index (Phi) is 6.50. The van der Waals surface area contributed by atoms with E-state index in [1.54, 1.807) is 0 Å². The van der Waals surface area contributed by atoms with Gasteiger partial charge in [0.1, 0.15) is 0 Å². The van der Waals surface area contributed by atoms with Crippen LogP contribution in [0.2, 0.25) is 0 Å². The maximum atomic E-state index is 4.35. The van der Waals surface area contributed by atoms with Crippen LogP contribution in [0.15, 0.2) is 18.5 Å². The zero-order valence-electron chi connectivity index (χ0n) is 13.9. The average Bonchev–Trinajstić information content (AvgIpc) is 2.49. The Morgan fingerprint density at radius 3 is 2.76 bits per heavy atom. The molecule has 1 saturated heterocycles. The summed E-state index contributed by atoms with van der Waals surface area (Å²) in [4.78, 5) is 6.88. The van der Waals surface area contributed by atoms with E-state index in [4.69, 9.17) is 0 Å². The van der Waals surface area contributed by atoms with Gasteiger partial charge in [-0.05, 0) is 42.9 Å². The highest BCUT2D eigenvalue weighted by molar-refractivity contribution is 5.52. The van der Waals surface area contributed by atoms with Crippen molar-refractivity contribution in [3.63, 3.8) is 0 Å². The van der Waals surface area contributed by atoms with Gasteiger partial charge in [-0.15, -0.1) is 0 Å². The summed E-state index contributed by atoms with van der Waals surface area (Å²) in [6, 6.07) is 2.17. The van der Waals surface area contributed by atoms with Gasteiger partial charge in [-0.2, -0.15) is 0 Å². The lowest BCUT2D eigenvalue weighted by Gasteiger charge is -2.34. The van der Waals surface area contributed by atoms with Crippen molar-refractivity contribution in [2.45, 2.75) is 53.0 Å². The van der Waals surface area contributed by atoms with Gasteiger partial charge in [0.05, 0.1) is 11.9 Å². The van der Waals surface area contributed by atoms with Crippen molar-refractivity contribution < 1.29 is 0 Å². The smallest absolute Gasteiger partial charge is 0.0598 e. The summed E-state index contributed by atoms with van der Waals surface area (Å²) in [6.45, 7) is 11.2. The van der Waals surface area contributed by atoms with Crippen molar-refractivity contribution in [2.75, 3.05) is 24.5 Å². The molecule has 2 rings (SSSR count). The van der Waals surface area contributed by atoms with Crippen molar-refractivity contribution in [2.24, 2.45) is 11.8 Å². The lowest BCUT2D eigenvalue weighted by molar-refractivity contribution is 0.378. The van der Waals surface area contributed by atoms with E-state index < -0.39 is 0 Å². The van der Waals surface area contributed by atoms with Gasteiger partial charge in [-0.1, -0.05) is 33.6 Å². The minimum absolute atomic E-state index is 0.695. The Balaban J connectivity index is 1.93. The molecule has 1 aliphatic rings. The first kappa shape index (κ1) is 16.3. The molecule has 21 heavy (non-hydrogen) atoms. The van der Waals surface area contributed by atoms with E-state index in [-0.39, 0.29) is 0 Å². The van der Waals surface area contributed by atoms with Gasteiger partial charge in [0.15, 0.2) is 0 Å². The molecule has 3 nitrogen and oxygen atoms in total. The van der Waals surface area contributed by atoms with Crippen LogP contribution in [0.25, 0.3) is 0 Å². The molecule has 0 bridgehead atoms. The first-order chi connectivity index (χ1) is 10.2. The van der Waals surface area contributed by atoms with E-state index in [2.05, 4.69) is 42.0 Å². The molecule has 1 N–H and O–H groups in total. The van der Waals surface area contributed by atoms with Gasteiger partial charge in [0.25, 0.3) is 0 Å². The van der Waals surface area contributed by atoms with Crippen LogP contribution in [0.5, 0.6) is 0 Å². The Morgan fingerprint density at radius 1 is 1.33 bits per heavy atom. The number of nitrogens with one attached hydrogen (secondary N) is 1. The summed E-state index contributed by atoms with van der Waals surface area (Å²) in [6.07, 6.45) is 9.35. The number of pyridine rings is 1. The second-order valence-corrected chi connectivity index (χ2v) is 6.75. The van der Waals surface area contributed by atoms with E-state index in [0.29, 0.717) is 5.92 Å². The third-order valence-corrected chi connectivity index (χ3v) is 4.41. The molecule has 3 heteroatoms. The van der Waals surface area contributed by atoms with Gasteiger partial charge in [-0.25, -0.2) is 0 Å². The number of piperidine rings is 1. The van der Waals surface area contributed by atoms with Gasteiger partial charge >= 0.3 is 0 Å². The van der Waals surface area contributed by atoms with E-state index in [1.807, 2.05) is 12.4 Å². The zero-order chi connectivity index (χ0) is 15.1. The van der Waals surface area contributed by atoms with Crippen LogP contribution in [-0.4, -0.2) is 24.6 Å². The molecule has 0 atom stereocenters. The van der Waals surface area contributed by atoms with Gasteiger partial charge < -0.3 is 10.2 Å². The molecule has 0 radical (unpaired) electrons. The van der Waals surface area contributed by atoms with Gasteiger partial charge in [0.2, 0.25) is 0 Å². The quantitative estimate of drug-likeness (QED) is 0.826. The number of rotatable bonds is 7. The number of hydrogen-bond acceptors (Lipinski definition) is 3. The Morgan fingerprint density at radius 2 is 2.10 bits per heavy atom. The maximum absolute atomic E-state index is 4.35. The average molecular weight is 289 g/mol. The van der Waals surface area contributed by atoms with Gasteiger partial charge in [-0.3, -0.25) is 4.98 Å². The Hall–Kier alpha value is -1.09. The van der Waals surface area contributed by atoms with E-state index >= 15 is 0 Å². The lowest BCUT2D eigenvalue weighted by Crippen LogP contribution is -2.34. The highest BCUT2D eigenvalue weighted by atomic mass is 15.1. The van der Waals surface area contributed by atoms with Crippen LogP contribution in [0, 0.1) is 11.8 Å². The molecule has 1 aromatic heterocycles. The summed E-state index contributed by atoms with van der Waals surface area (Å²) in [5, 5.41) is 3.56. The number of nitrogens with zero attached hydrogens (tertiary/aromatic N) is 2. The second kappa shape index (κ2) is 8.38. The van der Waals surface area contributed by atoms with Crippen molar-refractivity contribution in [3.05, 3.63) is 24.0 Å². The number of aromatic nitrogens is 1. The number of anilines is 1. The third kappa shape index (κ3) is 4.99. The molecule has 1 aliphatic heterocycles. The fourth-order valence-corrected chi connectivity index (χ4v) is 3.22. The largest absolute Gasteiger partial charge is 0.370 e. The monoisotopic (exact) mass is 289 g/mol. The maximum Gasteiger partial charge on any atom is 0.0598 e. The fourth-order valence-electron chi connectivity index (χ4n) is 3.22. The molecule has 0 saturated carbocycles. The van der Waals surface area contributed by atoms with Crippen LogP contribution < -0.4 is 10.2 Å². The molecule has 0 aliphatic carbocycles. The first-order valence-corrected chi connectivity index (χ1v) is 8.59. The summed E-state index contributed by atoms with van der Waals surface area (Å²) in [5.74, 6) is 1.63. The summed E-state index contributed by atoms with van der Waals surface area (Å²) >= 11 is 0. The summed E-state index contributed by atoms with van der Waals surface area (Å²) < 4.78 is 0. The Bertz CT molecular complexity index is 409. The molecule has 1 fully saturated rings. The molecular weight excluding hydrogens is 258 g/mol. The van der Waals surface area contributed by atoms with Crippen molar-refractivity contribution >= 4 is 5.69 Å². The number of hydrogen-bond donors (Lipinski definition) is 1. The minimum atomic E-state index is 0.695. The molecular formula is C18H31N3. The highest BCUT2D eigenvalue weighted by Crippen LogP contribution is 2.27. The van der Waals surface area contributed by atoms with Crippen LogP contribution in [0.3, 0.4) is 0 Å². The van der Waals surface area contributed by atoms with E-state index in [1.165, 1.54) is 50.0 Å². The minimum Gasteiger partial charge on any atom is -0.370 e. The zero-order valence-corrected chi connectivity index (χ0v) is 13.9. The first-order valence-electron chi connectivity index (χ1n) is 8.59.